The van der Waals surface area contributed by atoms with Crippen molar-refractivity contribution in [2.75, 3.05) is 6.61 Å². The first-order valence-electron chi connectivity index (χ1n) is 11.2. The smallest absolute Gasteiger partial charge is 0.192 e. The van der Waals surface area contributed by atoms with E-state index in [0.717, 1.165) is 6.42 Å². The van der Waals surface area contributed by atoms with E-state index in [9.17, 15) is 8.42 Å². The molecule has 1 aliphatic heterocycles. The van der Waals surface area contributed by atoms with E-state index in [1.807, 2.05) is 19.9 Å². The third-order valence-electron chi connectivity index (χ3n) is 7.00. The number of nitrogens with two attached hydrogens (primary N) is 1. The molecule has 0 spiro atoms. The number of benzene rings is 1. The van der Waals surface area contributed by atoms with Crippen LogP contribution in [0.2, 0.25) is 18.1 Å². The maximum Gasteiger partial charge on any atom is 0.192 e. The van der Waals surface area contributed by atoms with Crippen molar-refractivity contribution in [2.45, 2.75) is 99.8 Å². The molecule has 2 aliphatic rings. The van der Waals surface area contributed by atoms with Gasteiger partial charge in [0.15, 0.2) is 23.9 Å². The van der Waals surface area contributed by atoms with Crippen LogP contribution in [0.1, 0.15) is 47.5 Å². The van der Waals surface area contributed by atoms with Crippen molar-refractivity contribution in [3.8, 4) is 0 Å². The summed E-state index contributed by atoms with van der Waals surface area (Å²) in [5.74, 6) is -0.560. The zero-order valence-electron chi connectivity index (χ0n) is 19.9. The molecule has 1 saturated carbocycles. The van der Waals surface area contributed by atoms with E-state index in [-0.39, 0.29) is 17.1 Å². The average Bonchev–Trinajstić information content (AvgIpc) is 3.27. The molecule has 5 atom stereocenters. The van der Waals surface area contributed by atoms with Gasteiger partial charge in [0.25, 0.3) is 0 Å². The minimum absolute atomic E-state index is 0.110. The second kappa shape index (κ2) is 8.54. The zero-order valence-corrected chi connectivity index (χ0v) is 21.7. The van der Waals surface area contributed by atoms with E-state index in [1.165, 1.54) is 0 Å². The van der Waals surface area contributed by atoms with E-state index < -0.39 is 41.3 Å². The van der Waals surface area contributed by atoms with E-state index in [4.69, 9.17) is 19.6 Å². The minimum atomic E-state index is -3.63. The van der Waals surface area contributed by atoms with Crippen LogP contribution in [-0.2, 0) is 23.7 Å². The Morgan fingerprint density at radius 2 is 1.84 bits per heavy atom. The molecule has 0 amide bonds. The summed E-state index contributed by atoms with van der Waals surface area (Å²) in [6, 6.07) is 7.90. The molecule has 176 valence electrons. The summed E-state index contributed by atoms with van der Waals surface area (Å²) in [5, 5.41) is -0.637. The van der Waals surface area contributed by atoms with Crippen LogP contribution in [0.4, 0.5) is 0 Å². The predicted molar refractivity (Wildman–Crippen MR) is 125 cm³/mol. The average molecular weight is 470 g/mol. The van der Waals surface area contributed by atoms with Gasteiger partial charge in [0.1, 0.15) is 6.10 Å². The van der Waals surface area contributed by atoms with Crippen molar-refractivity contribution in [3.05, 3.63) is 30.3 Å². The van der Waals surface area contributed by atoms with Gasteiger partial charge in [-0.2, -0.15) is 0 Å². The molecule has 0 unspecified atom stereocenters. The molecule has 0 aromatic heterocycles. The van der Waals surface area contributed by atoms with Crippen molar-refractivity contribution in [2.24, 2.45) is 11.7 Å². The highest BCUT2D eigenvalue weighted by Gasteiger charge is 2.51. The summed E-state index contributed by atoms with van der Waals surface area (Å²) in [5.41, 5.74) is 6.57. The Kier molecular flexibility index (Phi) is 6.85. The van der Waals surface area contributed by atoms with Crippen molar-refractivity contribution >= 4 is 18.2 Å². The highest BCUT2D eigenvalue weighted by atomic mass is 32.2. The van der Waals surface area contributed by atoms with Crippen LogP contribution in [0.3, 0.4) is 0 Å². The fraction of sp³-hybridized carbons (Fsp3) is 0.739. The lowest BCUT2D eigenvalue weighted by Crippen LogP contribution is -2.50. The molecule has 2 N–H and O–H groups in total. The molecule has 31 heavy (non-hydrogen) atoms. The van der Waals surface area contributed by atoms with Gasteiger partial charge in [-0.25, -0.2) is 8.42 Å². The quantitative estimate of drug-likeness (QED) is 0.577. The summed E-state index contributed by atoms with van der Waals surface area (Å²) in [6.45, 7) is 15.1. The van der Waals surface area contributed by atoms with Crippen molar-refractivity contribution in [1.82, 2.24) is 0 Å². The molecule has 0 bridgehead atoms. The lowest BCUT2D eigenvalue weighted by Gasteiger charge is -2.36. The number of ether oxygens (including phenoxy) is 2. The fourth-order valence-corrected chi connectivity index (χ4v) is 7.26. The Labute approximate surface area is 188 Å². The largest absolute Gasteiger partial charge is 0.414 e. The van der Waals surface area contributed by atoms with E-state index in [1.54, 1.807) is 24.3 Å². The zero-order chi connectivity index (χ0) is 23.2. The van der Waals surface area contributed by atoms with Gasteiger partial charge in [-0.05, 0) is 62.9 Å². The summed E-state index contributed by atoms with van der Waals surface area (Å²) in [4.78, 5) is 0.302. The first kappa shape index (κ1) is 24.9. The molecule has 1 heterocycles. The topological polar surface area (TPSA) is 87.9 Å². The van der Waals surface area contributed by atoms with Gasteiger partial charge in [0, 0.05) is 6.10 Å². The van der Waals surface area contributed by atoms with Crippen LogP contribution < -0.4 is 5.73 Å². The van der Waals surface area contributed by atoms with Gasteiger partial charge in [-0.1, -0.05) is 39.0 Å². The van der Waals surface area contributed by atoms with Crippen LogP contribution in [0.15, 0.2) is 35.2 Å². The molecule has 3 rings (SSSR count). The predicted octanol–water partition coefficient (Wildman–Crippen LogP) is 4.11. The van der Waals surface area contributed by atoms with Gasteiger partial charge in [0.05, 0.1) is 22.8 Å². The van der Waals surface area contributed by atoms with Crippen LogP contribution in [-0.4, -0.2) is 52.6 Å². The number of rotatable bonds is 8. The molecule has 8 heteroatoms. The Morgan fingerprint density at radius 1 is 1.23 bits per heavy atom. The lowest BCUT2D eigenvalue weighted by molar-refractivity contribution is -0.140. The van der Waals surface area contributed by atoms with E-state index in [2.05, 4.69) is 33.9 Å². The first-order chi connectivity index (χ1) is 14.1. The van der Waals surface area contributed by atoms with Crippen LogP contribution >= 0.6 is 0 Å². The molecule has 2 fully saturated rings. The SMILES string of the molecule is CC1(C)OC[C@H]([C@H](N)[C@H](C[C@H]2C[C@H]2O[Si](C)(C)C(C)(C)C)S(=O)(=O)c2ccccc2)O1. The summed E-state index contributed by atoms with van der Waals surface area (Å²) in [7, 11) is -5.54. The van der Waals surface area contributed by atoms with Crippen LogP contribution in [0.5, 0.6) is 0 Å². The second-order valence-corrected chi connectivity index (χ2v) is 17.9. The summed E-state index contributed by atoms with van der Waals surface area (Å²) < 4.78 is 45.3. The summed E-state index contributed by atoms with van der Waals surface area (Å²) >= 11 is 0. The molecule has 1 aliphatic carbocycles. The molecular weight excluding hydrogens is 430 g/mol. The monoisotopic (exact) mass is 469 g/mol. The molecule has 1 saturated heterocycles. The Hall–Kier alpha value is -0.773. The van der Waals surface area contributed by atoms with Crippen molar-refractivity contribution < 1.29 is 22.3 Å². The number of hydrogen-bond acceptors (Lipinski definition) is 6. The molecule has 1 aromatic rings. The third kappa shape index (κ3) is 5.60. The Morgan fingerprint density at radius 3 is 2.35 bits per heavy atom. The molecular formula is C23H39NO5SSi. The van der Waals surface area contributed by atoms with Crippen molar-refractivity contribution in [1.29, 1.82) is 0 Å². The minimum Gasteiger partial charge on any atom is -0.414 e. The van der Waals surface area contributed by atoms with Gasteiger partial charge < -0.3 is 19.6 Å². The molecule has 0 radical (unpaired) electrons. The standard InChI is InChI=1S/C23H39NO5SSi/c1-22(2,3)31(6,7)29-18-13-16(18)14-20(21(24)19-15-27-23(4,5)28-19)30(25,26)17-11-9-8-10-12-17/h8-12,16,18-21H,13-15,24H2,1-7H3/t16-,18-,19-,20+,21+/m1/s1. The van der Waals surface area contributed by atoms with Gasteiger partial charge in [-0.3, -0.25) is 0 Å². The van der Waals surface area contributed by atoms with Crippen LogP contribution in [0.25, 0.3) is 0 Å². The maximum absolute atomic E-state index is 13.6. The normalized spacial score (nSPS) is 28.3. The number of hydrogen-bond donors (Lipinski definition) is 1. The highest BCUT2D eigenvalue weighted by Crippen LogP contribution is 2.46. The lowest BCUT2D eigenvalue weighted by atomic mass is 10.0. The third-order valence-corrected chi connectivity index (χ3v) is 13.7. The van der Waals surface area contributed by atoms with Crippen LogP contribution in [0, 0.1) is 5.92 Å². The Bertz CT molecular complexity index is 866. The molecule has 1 aromatic carbocycles. The van der Waals surface area contributed by atoms with E-state index in [0.29, 0.717) is 17.9 Å². The van der Waals surface area contributed by atoms with E-state index >= 15 is 0 Å². The van der Waals surface area contributed by atoms with Gasteiger partial charge >= 0.3 is 0 Å². The number of sulfone groups is 1. The van der Waals surface area contributed by atoms with Gasteiger partial charge in [-0.15, -0.1) is 0 Å². The van der Waals surface area contributed by atoms with Crippen molar-refractivity contribution in [3.63, 3.8) is 0 Å². The second-order valence-electron chi connectivity index (χ2n) is 11.0. The first-order valence-corrected chi connectivity index (χ1v) is 15.6. The fourth-order valence-electron chi connectivity index (χ4n) is 3.89. The Balaban J connectivity index is 1.79. The highest BCUT2D eigenvalue weighted by molar-refractivity contribution is 7.92. The molecule has 6 nitrogen and oxygen atoms in total. The van der Waals surface area contributed by atoms with Gasteiger partial charge in [0.2, 0.25) is 0 Å². The maximum atomic E-state index is 13.6. The summed E-state index contributed by atoms with van der Waals surface area (Å²) in [6.07, 6.45) is 1.00.